The summed E-state index contributed by atoms with van der Waals surface area (Å²) in [4.78, 5) is 102. The predicted molar refractivity (Wildman–Crippen MR) is 498 cm³/mol. The summed E-state index contributed by atoms with van der Waals surface area (Å²) in [5.74, 6) is 0.0469. The zero-order valence-electron chi connectivity index (χ0n) is 66.8. The Labute approximate surface area is 738 Å². The van der Waals surface area contributed by atoms with Crippen LogP contribution in [-0.4, -0.2) is 90.7 Å². The summed E-state index contributed by atoms with van der Waals surface area (Å²) < 4.78 is 4.88. The Morgan fingerprint density at radius 2 is 0.738 bits per heavy atom. The number of halogens is 7. The molecule has 0 aliphatic heterocycles. The number of carbonyl (C=O) groups excluding carboxylic acids is 3. The molecule has 15 rings (SSSR count). The molecule has 3 atom stereocenters. The highest BCUT2D eigenvalue weighted by atomic mass is 35.5. The Kier molecular flexibility index (Phi) is 35.7. The average Bonchev–Trinajstić information content (AvgIpc) is 0.773. The van der Waals surface area contributed by atoms with Crippen LogP contribution in [0.25, 0.3) is 49.4 Å². The van der Waals surface area contributed by atoms with Crippen LogP contribution in [0, 0.1) is 0 Å². The van der Waals surface area contributed by atoms with Crippen molar-refractivity contribution in [3.63, 3.8) is 0 Å². The Bertz CT molecular complexity index is 6000. The molecule has 0 aliphatic carbocycles. The van der Waals surface area contributed by atoms with Crippen LogP contribution in [0.2, 0.25) is 30.8 Å². The molecule has 25 nitrogen and oxygen atoms in total. The largest absolute Gasteiger partial charge is 0.412 e. The van der Waals surface area contributed by atoms with Gasteiger partial charge in [0.1, 0.15) is 11.4 Å². The molecule has 32 heteroatoms. The van der Waals surface area contributed by atoms with Crippen LogP contribution >= 0.6 is 81.2 Å². The molecule has 6 aromatic heterocycles. The van der Waals surface area contributed by atoms with Crippen LogP contribution in [0.5, 0.6) is 0 Å². The fourth-order valence-corrected chi connectivity index (χ4v) is 13.7. The second-order valence-corrected chi connectivity index (χ2v) is 29.0. The Hall–Kier alpha value is -12.5. The van der Waals surface area contributed by atoms with Crippen LogP contribution in [0.3, 0.4) is 0 Å². The van der Waals surface area contributed by atoms with Crippen molar-refractivity contribution >= 4 is 165 Å². The molecule has 9 aromatic carbocycles. The highest BCUT2D eigenvalue weighted by molar-refractivity contribution is 6.67. The first-order valence-corrected chi connectivity index (χ1v) is 40.2. The van der Waals surface area contributed by atoms with Gasteiger partial charge in [-0.3, -0.25) is 42.5 Å². The van der Waals surface area contributed by atoms with Crippen LogP contribution in [0.1, 0.15) is 108 Å². The van der Waals surface area contributed by atoms with E-state index in [0.717, 1.165) is 16.8 Å². The lowest BCUT2D eigenvalue weighted by Crippen LogP contribution is -2.26. The van der Waals surface area contributed by atoms with E-state index in [1.165, 1.54) is 38.2 Å². The van der Waals surface area contributed by atoms with Gasteiger partial charge in [0.15, 0.2) is 16.8 Å². The third-order valence-electron chi connectivity index (χ3n) is 18.4. The number of hydrogen-bond acceptors (Lipinski definition) is 19. The van der Waals surface area contributed by atoms with E-state index >= 15 is 0 Å². The monoisotopic (exact) mass is 1780 g/mol. The minimum Gasteiger partial charge on any atom is -0.412 e. The van der Waals surface area contributed by atoms with Gasteiger partial charge in [-0.2, -0.15) is 9.97 Å². The summed E-state index contributed by atoms with van der Waals surface area (Å²) in [7, 11) is 0. The van der Waals surface area contributed by atoms with Gasteiger partial charge in [-0.15, -0.1) is 0 Å². The molecule has 15 N–H and O–H groups in total. The maximum Gasteiger partial charge on any atom is 0.264 e. The van der Waals surface area contributed by atoms with Crippen molar-refractivity contribution < 1.29 is 19.9 Å². The van der Waals surface area contributed by atoms with E-state index in [0.29, 0.717) is 110 Å². The molecular weight excluding hydrogens is 1690 g/mol. The van der Waals surface area contributed by atoms with Gasteiger partial charge in [-0.25, -0.2) is 19.9 Å². The molecule has 0 saturated heterocycles. The van der Waals surface area contributed by atoms with Crippen molar-refractivity contribution in [2.24, 2.45) is 5.73 Å². The number of nitrogens with zero attached hydrogens (tertiary/aromatic N) is 10. The lowest BCUT2D eigenvalue weighted by molar-refractivity contribution is 0.101. The van der Waals surface area contributed by atoms with Crippen molar-refractivity contribution in [2.75, 3.05) is 52.4 Å². The van der Waals surface area contributed by atoms with Gasteiger partial charge in [0, 0.05) is 56.9 Å². The number of pyridine rings is 3. The first-order chi connectivity index (χ1) is 57.8. The third-order valence-corrected chi connectivity index (χ3v) is 20.2. The van der Waals surface area contributed by atoms with Crippen LogP contribution in [-0.2, 0) is 0 Å². The van der Waals surface area contributed by atoms with Crippen molar-refractivity contribution in [3.8, 4) is 17.1 Å². The zero-order chi connectivity index (χ0) is 86.1. The molecule has 6 heterocycles. The predicted octanol–water partition coefficient (Wildman–Crippen LogP) is 19.7. The number of hydrogen-bond donors (Lipinski definition) is 8. The van der Waals surface area contributed by atoms with E-state index in [4.69, 9.17) is 98.4 Å². The van der Waals surface area contributed by atoms with E-state index in [1.54, 1.807) is 117 Å². The second-order valence-electron chi connectivity index (χ2n) is 26.4. The highest BCUT2D eigenvalue weighted by Crippen LogP contribution is 2.33. The van der Waals surface area contributed by atoms with E-state index in [9.17, 15) is 28.8 Å². The molecule has 0 spiro atoms. The van der Waals surface area contributed by atoms with E-state index in [2.05, 4.69) is 76.8 Å². The Morgan fingerprint density at radius 3 is 1.07 bits per heavy atom. The second kappa shape index (κ2) is 45.8. The molecule has 0 radical (unpaired) electrons. The SMILES string of the molecule is CCN(CC)CC.C[C@H](N)c1cc2cccc(Cl)c2c(=O)n1-c1ccccc1.C[C@H](Nc1nc(Cl)ncc1NC(=O)c1ccccc1)c1cc2cccc(Cl)c2c(=O)n1-c1ccccc1.C[C@H](Nc1nc(N)ncc1NC(=O)c1ccccc1)c1cc2cccc(Cl)c2c(=O)n1-c1ccccc1.N.Nc1cnc(Cl)nc1Cl.O.O=C(Cl)c1ccccc1. The number of nitrogens with one attached hydrogen (secondary N) is 4. The third kappa shape index (κ3) is 24.6. The normalized spacial score (nSPS) is 11.2. The molecule has 15 aromatic rings. The fraction of sp³-hybridized carbons (Fsp3) is 0.133. The molecule has 2 amide bonds. The van der Waals surface area contributed by atoms with Crippen molar-refractivity contribution in [3.05, 3.63) is 369 Å². The number of rotatable bonds is 18. The van der Waals surface area contributed by atoms with Gasteiger partial charge in [0.2, 0.25) is 16.5 Å². The molecule has 0 fully saturated rings. The maximum absolute atomic E-state index is 13.7. The number of fused-ring (bicyclic) bond motifs is 3. The number of anilines is 6. The molecule has 0 unspecified atom stereocenters. The van der Waals surface area contributed by atoms with Gasteiger partial charge < -0.3 is 55.0 Å². The van der Waals surface area contributed by atoms with Crippen LogP contribution in [0.4, 0.5) is 34.6 Å². The fourth-order valence-electron chi connectivity index (χ4n) is 12.4. The van der Waals surface area contributed by atoms with Crippen molar-refractivity contribution in [1.29, 1.82) is 0 Å². The first kappa shape index (κ1) is 95.0. The first-order valence-electron chi connectivity index (χ1n) is 37.5. The quantitative estimate of drug-likeness (QED) is 0.0225. The number of nitrogens with two attached hydrogens (primary N) is 3. The number of amides is 2. The van der Waals surface area contributed by atoms with Gasteiger partial charge in [-0.1, -0.05) is 225 Å². The lowest BCUT2D eigenvalue weighted by atomic mass is 10.1. The number of para-hydroxylation sites is 3. The topological polar surface area (TPSA) is 390 Å². The summed E-state index contributed by atoms with van der Waals surface area (Å²) in [6.07, 6.45) is 4.25. The molecule has 122 heavy (non-hydrogen) atoms. The maximum atomic E-state index is 13.7. The summed E-state index contributed by atoms with van der Waals surface area (Å²) in [5.41, 5.74) is 23.4. The van der Waals surface area contributed by atoms with Crippen LogP contribution in [0.15, 0.2) is 288 Å². The summed E-state index contributed by atoms with van der Waals surface area (Å²) in [5, 5.41) is 17.0. The van der Waals surface area contributed by atoms with Gasteiger partial charge in [0.25, 0.3) is 33.7 Å². The Morgan fingerprint density at radius 1 is 0.418 bits per heavy atom. The summed E-state index contributed by atoms with van der Waals surface area (Å²) >= 11 is 41.1. The number of aromatic nitrogens is 9. The minimum atomic E-state index is -0.436. The van der Waals surface area contributed by atoms with Crippen molar-refractivity contribution in [2.45, 2.75) is 59.7 Å². The van der Waals surface area contributed by atoms with Crippen molar-refractivity contribution in [1.82, 2.24) is 54.7 Å². The van der Waals surface area contributed by atoms with E-state index in [1.807, 2.05) is 172 Å². The highest BCUT2D eigenvalue weighted by Gasteiger charge is 2.24. The molecule has 628 valence electrons. The molecule has 0 bridgehead atoms. The molecule has 0 saturated carbocycles. The van der Waals surface area contributed by atoms with Gasteiger partial charge >= 0.3 is 0 Å². The number of carbonyl (C=O) groups is 3. The number of nitrogen functional groups attached to an aromatic ring is 2. The van der Waals surface area contributed by atoms with Crippen LogP contribution < -0.4 is 61.3 Å². The molecular formula is C90H87Cl7N18O7. The van der Waals surface area contributed by atoms with Gasteiger partial charge in [0.05, 0.1) is 67.6 Å². The lowest BCUT2D eigenvalue weighted by Gasteiger charge is -2.22. The smallest absolute Gasteiger partial charge is 0.264 e. The van der Waals surface area contributed by atoms with E-state index < -0.39 is 17.3 Å². The average molecular weight is 1780 g/mol. The minimum absolute atomic E-state index is 0. The molecule has 0 aliphatic rings. The standard InChI is InChI=1S/C28H21Cl2N5O2.C28H23ClN6O2.C17H15ClN2O.C7H5ClO.C6H15N.C4H3Cl2N3.H3N.H2O/c2*1-17(32-25-22(16-31-28(30)34-25)33-26(36)18-9-4-2-5-10-18)23-15-19-11-8-14-21(29)24(19)27(37)35(23)20-12-6-3-7-13-20;1-11(19)15-10-12-6-5-9-14(18)16(12)17(21)20(15)13-7-3-2-4-8-13;8-7(9)6-4-2-1-3-5-6;1-4-7(5-2)6-3;5-3-2(7)1-8-4(6)9-3;;/h2-17H,1H3,(H,33,36)(H,31,32,34);2-17H,1H3,(H,33,36)(H3,30,31,32,34);2-11H,19H2,1H3;1-5H;4-6H2,1-3H3;1H,7H2;1H3;1H2/t2*17-;11-;;;;;/m000...../s1. The summed E-state index contributed by atoms with van der Waals surface area (Å²) in [6.45, 7) is 15.8. The zero-order valence-corrected chi connectivity index (χ0v) is 72.1. The summed E-state index contributed by atoms with van der Waals surface area (Å²) in [6, 6.07) is 75.3. The van der Waals surface area contributed by atoms with Gasteiger partial charge in [-0.05, 0) is 188 Å². The van der Waals surface area contributed by atoms with E-state index in [-0.39, 0.29) is 67.8 Å². The Balaban J connectivity index is 0.000000201. The number of benzene rings is 9.